The summed E-state index contributed by atoms with van der Waals surface area (Å²) < 4.78 is 1.35. The van der Waals surface area contributed by atoms with Crippen LogP contribution < -0.4 is 0 Å². The highest BCUT2D eigenvalue weighted by molar-refractivity contribution is 4.50. The number of hydrogen-bond donors (Lipinski definition) is 0. The molecular formula is C23H50N+. The Morgan fingerprint density at radius 3 is 0.958 bits per heavy atom. The Bertz CT molecular complexity index is 224. The Morgan fingerprint density at radius 1 is 0.375 bits per heavy atom. The van der Waals surface area contributed by atoms with Crippen LogP contribution in [-0.2, 0) is 0 Å². The fraction of sp³-hybridized carbons (Fsp3) is 1.00. The maximum Gasteiger partial charge on any atom is 0.0784 e. The SMILES string of the molecule is CCCCCCCCCC[N+](C)(CCCCCC)CCCCCC. The van der Waals surface area contributed by atoms with Gasteiger partial charge >= 0.3 is 0 Å². The van der Waals surface area contributed by atoms with E-state index in [1.807, 2.05) is 0 Å². The average Bonchev–Trinajstić information content (AvgIpc) is 2.58. The lowest BCUT2D eigenvalue weighted by Gasteiger charge is -2.35. The molecular weight excluding hydrogens is 290 g/mol. The Hall–Kier alpha value is -0.0400. The molecule has 0 amide bonds. The van der Waals surface area contributed by atoms with Gasteiger partial charge in [0.05, 0.1) is 26.7 Å². The smallest absolute Gasteiger partial charge is 0.0784 e. The lowest BCUT2D eigenvalue weighted by molar-refractivity contribution is -0.910. The fourth-order valence-electron chi connectivity index (χ4n) is 3.80. The van der Waals surface area contributed by atoms with Crippen LogP contribution in [0.5, 0.6) is 0 Å². The van der Waals surface area contributed by atoms with Crippen LogP contribution >= 0.6 is 0 Å². The van der Waals surface area contributed by atoms with E-state index in [9.17, 15) is 0 Å². The second kappa shape index (κ2) is 17.8. The quantitative estimate of drug-likeness (QED) is 0.167. The lowest BCUT2D eigenvalue weighted by atomic mass is 10.1. The molecule has 1 heteroatoms. The van der Waals surface area contributed by atoms with Crippen molar-refractivity contribution >= 4 is 0 Å². The highest BCUT2D eigenvalue weighted by Crippen LogP contribution is 2.15. The first-order chi connectivity index (χ1) is 11.7. The highest BCUT2D eigenvalue weighted by atomic mass is 15.3. The van der Waals surface area contributed by atoms with Crippen molar-refractivity contribution < 1.29 is 4.48 Å². The van der Waals surface area contributed by atoms with Crippen molar-refractivity contribution in [2.45, 2.75) is 124 Å². The van der Waals surface area contributed by atoms with Crippen LogP contribution in [0, 0.1) is 0 Å². The van der Waals surface area contributed by atoms with E-state index in [1.54, 1.807) is 0 Å². The van der Waals surface area contributed by atoms with Gasteiger partial charge in [0, 0.05) is 0 Å². The van der Waals surface area contributed by atoms with Crippen LogP contribution in [-0.4, -0.2) is 31.2 Å². The molecule has 0 rings (SSSR count). The summed E-state index contributed by atoms with van der Waals surface area (Å²) in [5, 5.41) is 0. The average molecular weight is 341 g/mol. The number of unbranched alkanes of at least 4 members (excludes halogenated alkanes) is 13. The summed E-state index contributed by atoms with van der Waals surface area (Å²) in [7, 11) is 2.54. The molecule has 0 spiro atoms. The van der Waals surface area contributed by atoms with Gasteiger partial charge in [-0.3, -0.25) is 0 Å². The summed E-state index contributed by atoms with van der Waals surface area (Å²) in [6.07, 6.45) is 22.9. The van der Waals surface area contributed by atoms with E-state index in [-0.39, 0.29) is 0 Å². The molecule has 0 aromatic heterocycles. The molecule has 0 aliphatic rings. The minimum atomic E-state index is 1.35. The molecule has 1 nitrogen and oxygen atoms in total. The molecule has 0 aromatic rings. The van der Waals surface area contributed by atoms with Gasteiger partial charge in [-0.25, -0.2) is 0 Å². The summed E-state index contributed by atoms with van der Waals surface area (Å²) in [6, 6.07) is 0. The summed E-state index contributed by atoms with van der Waals surface area (Å²) in [5.41, 5.74) is 0. The van der Waals surface area contributed by atoms with E-state index in [0.717, 1.165) is 0 Å². The van der Waals surface area contributed by atoms with Gasteiger partial charge in [0.1, 0.15) is 0 Å². The molecule has 0 saturated carbocycles. The summed E-state index contributed by atoms with van der Waals surface area (Å²) in [5.74, 6) is 0. The molecule has 0 fully saturated rings. The molecule has 0 unspecified atom stereocenters. The van der Waals surface area contributed by atoms with Gasteiger partial charge in [-0.2, -0.15) is 0 Å². The molecule has 0 bridgehead atoms. The second-order valence-corrected chi connectivity index (χ2v) is 8.39. The molecule has 0 saturated heterocycles. The zero-order valence-corrected chi connectivity index (χ0v) is 17.9. The van der Waals surface area contributed by atoms with E-state index in [2.05, 4.69) is 27.8 Å². The standard InChI is InChI=1S/C23H50N/c1-5-8-11-14-15-16-17-20-23-24(4,21-18-12-9-6-2)22-19-13-10-7-3/h5-23H2,1-4H3/q+1. The van der Waals surface area contributed by atoms with Gasteiger partial charge < -0.3 is 4.48 Å². The first-order valence-corrected chi connectivity index (χ1v) is 11.5. The molecule has 0 aliphatic heterocycles. The van der Waals surface area contributed by atoms with Gasteiger partial charge in [0.2, 0.25) is 0 Å². The Balaban J connectivity index is 3.90. The van der Waals surface area contributed by atoms with Crippen molar-refractivity contribution in [2.75, 3.05) is 26.7 Å². The van der Waals surface area contributed by atoms with Gasteiger partial charge in [-0.05, 0) is 38.5 Å². The molecule has 0 aliphatic carbocycles. The first kappa shape index (κ1) is 24.0. The van der Waals surface area contributed by atoms with Gasteiger partial charge in [-0.1, -0.05) is 85.0 Å². The topological polar surface area (TPSA) is 0 Å². The molecule has 0 radical (unpaired) electrons. The predicted molar refractivity (Wildman–Crippen MR) is 112 cm³/mol. The number of quaternary nitrogens is 1. The minimum Gasteiger partial charge on any atom is -0.326 e. The first-order valence-electron chi connectivity index (χ1n) is 11.5. The third-order valence-corrected chi connectivity index (χ3v) is 5.65. The minimum absolute atomic E-state index is 1.35. The Morgan fingerprint density at radius 2 is 0.625 bits per heavy atom. The van der Waals surface area contributed by atoms with E-state index in [4.69, 9.17) is 0 Å². The van der Waals surface area contributed by atoms with Crippen molar-refractivity contribution in [3.63, 3.8) is 0 Å². The van der Waals surface area contributed by atoms with Crippen molar-refractivity contribution in [3.05, 3.63) is 0 Å². The van der Waals surface area contributed by atoms with Crippen molar-refractivity contribution in [1.29, 1.82) is 0 Å². The van der Waals surface area contributed by atoms with Crippen molar-refractivity contribution in [3.8, 4) is 0 Å². The van der Waals surface area contributed by atoms with Crippen LogP contribution in [0.4, 0.5) is 0 Å². The van der Waals surface area contributed by atoms with Gasteiger partial charge in [0.25, 0.3) is 0 Å². The van der Waals surface area contributed by atoms with Gasteiger partial charge in [0.15, 0.2) is 0 Å². The third-order valence-electron chi connectivity index (χ3n) is 5.65. The van der Waals surface area contributed by atoms with Crippen LogP contribution in [0.2, 0.25) is 0 Å². The third kappa shape index (κ3) is 15.5. The van der Waals surface area contributed by atoms with Crippen molar-refractivity contribution in [2.24, 2.45) is 0 Å². The highest BCUT2D eigenvalue weighted by Gasteiger charge is 2.19. The van der Waals surface area contributed by atoms with E-state index in [0.29, 0.717) is 0 Å². The largest absolute Gasteiger partial charge is 0.326 e. The van der Waals surface area contributed by atoms with E-state index in [1.165, 1.54) is 127 Å². The number of hydrogen-bond acceptors (Lipinski definition) is 0. The fourth-order valence-corrected chi connectivity index (χ4v) is 3.80. The van der Waals surface area contributed by atoms with Crippen LogP contribution in [0.25, 0.3) is 0 Å². The zero-order valence-electron chi connectivity index (χ0n) is 17.9. The molecule has 0 atom stereocenters. The molecule has 0 heterocycles. The number of rotatable bonds is 19. The maximum atomic E-state index is 2.54. The molecule has 0 aromatic carbocycles. The summed E-state index contributed by atoms with van der Waals surface area (Å²) in [6.45, 7) is 11.2. The zero-order chi connectivity index (χ0) is 17.9. The predicted octanol–water partition coefficient (Wildman–Crippen LogP) is 7.73. The van der Waals surface area contributed by atoms with E-state index < -0.39 is 0 Å². The molecule has 146 valence electrons. The van der Waals surface area contributed by atoms with E-state index >= 15 is 0 Å². The summed E-state index contributed by atoms with van der Waals surface area (Å²) in [4.78, 5) is 0. The second-order valence-electron chi connectivity index (χ2n) is 8.39. The maximum absolute atomic E-state index is 2.54. The summed E-state index contributed by atoms with van der Waals surface area (Å²) >= 11 is 0. The number of nitrogens with zero attached hydrogens (tertiary/aromatic N) is 1. The molecule has 0 N–H and O–H groups in total. The normalized spacial score (nSPS) is 12.0. The Kier molecular flexibility index (Phi) is 17.7. The van der Waals surface area contributed by atoms with Crippen LogP contribution in [0.15, 0.2) is 0 Å². The Labute approximate surface area is 155 Å². The van der Waals surface area contributed by atoms with Crippen molar-refractivity contribution in [1.82, 2.24) is 0 Å². The monoisotopic (exact) mass is 340 g/mol. The van der Waals surface area contributed by atoms with Gasteiger partial charge in [-0.15, -0.1) is 0 Å². The van der Waals surface area contributed by atoms with Crippen LogP contribution in [0.1, 0.15) is 124 Å². The molecule has 24 heavy (non-hydrogen) atoms. The lowest BCUT2D eigenvalue weighted by Crippen LogP contribution is -2.46. The van der Waals surface area contributed by atoms with Crippen LogP contribution in [0.3, 0.4) is 0 Å².